The Hall–Kier alpha value is -5.38. The van der Waals surface area contributed by atoms with Gasteiger partial charge in [-0.1, -0.05) is 36.4 Å². The molecule has 4 aromatic carbocycles. The minimum atomic E-state index is -1.32. The third kappa shape index (κ3) is 9.09. The number of primary amides is 1. The summed E-state index contributed by atoms with van der Waals surface area (Å²) in [5.74, 6) is -0.832. The van der Waals surface area contributed by atoms with Gasteiger partial charge in [-0.2, -0.15) is 0 Å². The summed E-state index contributed by atoms with van der Waals surface area (Å²) in [6, 6.07) is 24.4. The van der Waals surface area contributed by atoms with Crippen LogP contribution >= 0.6 is 0 Å². The molecule has 0 saturated heterocycles. The quantitative estimate of drug-likeness (QED) is 0.156. The molecule has 0 aromatic heterocycles. The fraction of sp³-hybridized carbons (Fsp3) is 0.270. The first-order valence-electron chi connectivity index (χ1n) is 15.0. The summed E-state index contributed by atoms with van der Waals surface area (Å²) in [6.45, 7) is 3.81. The number of carboxylic acid groups (broad SMARTS) is 1. The van der Waals surface area contributed by atoms with Crippen LogP contribution in [0.15, 0.2) is 91.0 Å². The normalized spacial score (nSPS) is 11.8. The highest BCUT2D eigenvalue weighted by atomic mass is 19.1. The van der Waals surface area contributed by atoms with E-state index in [9.17, 15) is 23.9 Å². The van der Waals surface area contributed by atoms with E-state index in [2.05, 4.69) is 0 Å². The van der Waals surface area contributed by atoms with Crippen LogP contribution < -0.4 is 19.9 Å². The first-order chi connectivity index (χ1) is 22.4. The lowest BCUT2D eigenvalue weighted by Crippen LogP contribution is -2.57. The molecule has 0 unspecified atom stereocenters. The van der Waals surface area contributed by atoms with E-state index in [4.69, 9.17) is 19.9 Å². The van der Waals surface area contributed by atoms with Crippen LogP contribution in [-0.2, 0) is 22.6 Å². The van der Waals surface area contributed by atoms with Crippen LogP contribution in [0.25, 0.3) is 11.1 Å². The molecule has 0 radical (unpaired) electrons. The predicted molar refractivity (Wildman–Crippen MR) is 176 cm³/mol. The van der Waals surface area contributed by atoms with Crippen molar-refractivity contribution in [2.45, 2.75) is 51.3 Å². The number of carboxylic acids is 1. The fourth-order valence-corrected chi connectivity index (χ4v) is 5.47. The maximum Gasteiger partial charge on any atom is 0.326 e. The number of methoxy groups -OCH3 is 2. The minimum Gasteiger partial charge on any atom is -0.497 e. The molecule has 9 nitrogen and oxygen atoms in total. The Labute approximate surface area is 273 Å². The van der Waals surface area contributed by atoms with Gasteiger partial charge in [-0.05, 0) is 97.5 Å². The number of benzene rings is 4. The maximum absolute atomic E-state index is 14.0. The maximum atomic E-state index is 14.0. The Kier molecular flexibility index (Phi) is 11.2. The molecule has 10 heteroatoms. The van der Waals surface area contributed by atoms with E-state index in [0.29, 0.717) is 23.9 Å². The summed E-state index contributed by atoms with van der Waals surface area (Å²) < 4.78 is 30.2. The smallest absolute Gasteiger partial charge is 0.326 e. The number of carbonyl (C=O) groups excluding carboxylic acids is 2. The Morgan fingerprint density at radius 2 is 1.36 bits per heavy atom. The van der Waals surface area contributed by atoms with E-state index in [1.54, 1.807) is 70.5 Å². The minimum absolute atomic E-state index is 0.152. The molecule has 1 atom stereocenters. The van der Waals surface area contributed by atoms with Gasteiger partial charge in [0.05, 0.1) is 14.2 Å². The van der Waals surface area contributed by atoms with Crippen LogP contribution in [0, 0.1) is 5.82 Å². The van der Waals surface area contributed by atoms with Gasteiger partial charge in [0.1, 0.15) is 35.7 Å². The second kappa shape index (κ2) is 15.3. The number of nitrogens with two attached hydrogens (primary N) is 1. The van der Waals surface area contributed by atoms with E-state index < -0.39 is 35.2 Å². The molecule has 0 heterocycles. The van der Waals surface area contributed by atoms with Crippen LogP contribution in [0.1, 0.15) is 48.2 Å². The number of ether oxygens (including phenoxy) is 3. The first-order valence-corrected chi connectivity index (χ1v) is 15.0. The van der Waals surface area contributed by atoms with Gasteiger partial charge in [0, 0.05) is 23.6 Å². The number of amides is 2. The van der Waals surface area contributed by atoms with Gasteiger partial charge >= 0.3 is 5.97 Å². The molecule has 0 bridgehead atoms. The standard InChI is InChI=1S/C37H39FN2O7/c1-37(2,22-24-5-13-29(38)14-6-24)40(33(36(43)44)17-18-34(39)41)35(42)28-9-7-26(8-10-28)27-11-15-30(16-12-27)47-23-25-19-31(45-3)21-32(20-25)46-4/h5-16,19-21,33H,17-18,22-23H2,1-4H3,(H2,39,41)(H,43,44)/t33-/m0/s1. The topological polar surface area (TPSA) is 128 Å². The molecule has 246 valence electrons. The van der Waals surface area contributed by atoms with E-state index in [-0.39, 0.29) is 24.8 Å². The Morgan fingerprint density at radius 1 is 0.809 bits per heavy atom. The molecule has 0 aliphatic heterocycles. The average Bonchev–Trinajstić information content (AvgIpc) is 3.06. The van der Waals surface area contributed by atoms with Crippen LogP contribution in [0.3, 0.4) is 0 Å². The monoisotopic (exact) mass is 642 g/mol. The summed E-state index contributed by atoms with van der Waals surface area (Å²) in [6.07, 6.45) is -0.113. The summed E-state index contributed by atoms with van der Waals surface area (Å²) in [7, 11) is 3.18. The largest absolute Gasteiger partial charge is 0.497 e. The van der Waals surface area contributed by atoms with Gasteiger partial charge < -0.3 is 30.0 Å². The lowest BCUT2D eigenvalue weighted by molar-refractivity contribution is -0.144. The van der Waals surface area contributed by atoms with E-state index in [0.717, 1.165) is 22.3 Å². The molecular weight excluding hydrogens is 603 g/mol. The lowest BCUT2D eigenvalue weighted by Gasteiger charge is -2.42. The van der Waals surface area contributed by atoms with Crippen molar-refractivity contribution < 1.29 is 38.1 Å². The molecule has 4 rings (SSSR count). The molecule has 0 aliphatic carbocycles. The lowest BCUT2D eigenvalue weighted by atomic mass is 9.89. The van der Waals surface area contributed by atoms with Gasteiger partial charge in [-0.3, -0.25) is 9.59 Å². The third-order valence-corrected chi connectivity index (χ3v) is 7.82. The zero-order valence-electron chi connectivity index (χ0n) is 26.9. The van der Waals surface area contributed by atoms with Crippen LogP contribution in [0.2, 0.25) is 0 Å². The molecular formula is C37H39FN2O7. The molecule has 47 heavy (non-hydrogen) atoms. The summed E-state index contributed by atoms with van der Waals surface area (Å²) in [4.78, 5) is 39.4. The molecule has 3 N–H and O–H groups in total. The summed E-state index contributed by atoms with van der Waals surface area (Å²) in [5.41, 5.74) is 7.92. The van der Waals surface area contributed by atoms with Crippen molar-refractivity contribution in [3.8, 4) is 28.4 Å². The zero-order chi connectivity index (χ0) is 34.1. The van der Waals surface area contributed by atoms with Crippen molar-refractivity contribution in [2.75, 3.05) is 14.2 Å². The Morgan fingerprint density at radius 3 is 1.87 bits per heavy atom. The second-order valence-corrected chi connectivity index (χ2v) is 11.8. The number of hydrogen-bond donors (Lipinski definition) is 2. The van der Waals surface area contributed by atoms with Gasteiger partial charge in [-0.25, -0.2) is 9.18 Å². The SMILES string of the molecule is COc1cc(COc2ccc(-c3ccc(C(=O)N([C@@H](CCC(N)=O)C(=O)O)C(C)(C)Cc4ccc(F)cc4)cc3)cc2)cc(OC)c1. The van der Waals surface area contributed by atoms with Gasteiger partial charge in [-0.15, -0.1) is 0 Å². The molecule has 0 fully saturated rings. The molecule has 0 aliphatic rings. The number of aliphatic carboxylic acids is 1. The number of halogens is 1. The molecule has 2 amide bonds. The second-order valence-electron chi connectivity index (χ2n) is 11.8. The van der Waals surface area contributed by atoms with Crippen molar-refractivity contribution in [1.82, 2.24) is 4.90 Å². The van der Waals surface area contributed by atoms with Gasteiger partial charge in [0.15, 0.2) is 0 Å². The molecule has 0 spiro atoms. The van der Waals surface area contributed by atoms with Crippen molar-refractivity contribution >= 4 is 17.8 Å². The van der Waals surface area contributed by atoms with Crippen molar-refractivity contribution in [3.63, 3.8) is 0 Å². The van der Waals surface area contributed by atoms with E-state index in [1.165, 1.54) is 17.0 Å². The zero-order valence-corrected chi connectivity index (χ0v) is 26.9. The van der Waals surface area contributed by atoms with Crippen LogP contribution in [0.4, 0.5) is 4.39 Å². The van der Waals surface area contributed by atoms with E-state index in [1.807, 2.05) is 36.4 Å². The van der Waals surface area contributed by atoms with Crippen LogP contribution in [-0.4, -0.2) is 53.6 Å². The number of hydrogen-bond acceptors (Lipinski definition) is 6. The van der Waals surface area contributed by atoms with Gasteiger partial charge in [0.2, 0.25) is 5.91 Å². The van der Waals surface area contributed by atoms with Gasteiger partial charge in [0.25, 0.3) is 5.91 Å². The van der Waals surface area contributed by atoms with Crippen molar-refractivity contribution in [2.24, 2.45) is 5.73 Å². The Bertz CT molecular complexity index is 1670. The van der Waals surface area contributed by atoms with Crippen molar-refractivity contribution in [3.05, 3.63) is 114 Å². The Balaban J connectivity index is 1.53. The summed E-state index contributed by atoms with van der Waals surface area (Å²) in [5, 5.41) is 10.2. The number of nitrogens with zero attached hydrogens (tertiary/aromatic N) is 1. The first kappa shape index (κ1) is 34.5. The van der Waals surface area contributed by atoms with Crippen molar-refractivity contribution in [1.29, 1.82) is 0 Å². The number of rotatable bonds is 15. The predicted octanol–water partition coefficient (Wildman–Crippen LogP) is 6.27. The number of carbonyl (C=O) groups is 3. The van der Waals surface area contributed by atoms with Crippen LogP contribution in [0.5, 0.6) is 17.2 Å². The molecule has 4 aromatic rings. The third-order valence-electron chi connectivity index (χ3n) is 7.82. The fourth-order valence-electron chi connectivity index (χ4n) is 5.47. The highest BCUT2D eigenvalue weighted by Gasteiger charge is 2.40. The van der Waals surface area contributed by atoms with E-state index >= 15 is 0 Å². The average molecular weight is 643 g/mol. The highest BCUT2D eigenvalue weighted by Crippen LogP contribution is 2.30. The highest BCUT2D eigenvalue weighted by molar-refractivity contribution is 5.97. The molecule has 0 saturated carbocycles. The summed E-state index contributed by atoms with van der Waals surface area (Å²) >= 11 is 0.